The van der Waals surface area contributed by atoms with Crippen LogP contribution in [0, 0.1) is 13.8 Å². The molecule has 21 heavy (non-hydrogen) atoms. The average Bonchev–Trinajstić information content (AvgIpc) is 2.98. The lowest BCUT2D eigenvalue weighted by Gasteiger charge is -2.09. The van der Waals surface area contributed by atoms with Gasteiger partial charge in [0.2, 0.25) is 0 Å². The monoisotopic (exact) mass is 302 g/mol. The van der Waals surface area contributed by atoms with Gasteiger partial charge in [-0.15, -0.1) is 11.3 Å². The van der Waals surface area contributed by atoms with Gasteiger partial charge in [0.1, 0.15) is 0 Å². The zero-order valence-corrected chi connectivity index (χ0v) is 13.2. The highest BCUT2D eigenvalue weighted by Gasteiger charge is 2.11. The Labute approximate surface area is 126 Å². The Bertz CT molecular complexity index is 843. The predicted octanol–water partition coefficient (Wildman–Crippen LogP) is 2.81. The SMILES string of the molecule is CCn1cc(NCc2c(C)nc3scc(C)n23)ccc1=O. The molecule has 0 amide bonds. The molecule has 0 aliphatic heterocycles. The number of anilines is 1. The van der Waals surface area contributed by atoms with E-state index in [1.807, 2.05) is 26.1 Å². The first-order valence-electron chi connectivity index (χ1n) is 6.96. The van der Waals surface area contributed by atoms with E-state index in [1.165, 1.54) is 5.69 Å². The molecule has 3 heterocycles. The molecule has 3 aromatic heterocycles. The van der Waals surface area contributed by atoms with Gasteiger partial charge in [0.15, 0.2) is 4.96 Å². The molecule has 0 saturated heterocycles. The molecule has 0 aromatic carbocycles. The van der Waals surface area contributed by atoms with Crippen molar-refractivity contribution in [1.82, 2.24) is 14.0 Å². The molecule has 0 radical (unpaired) electrons. The minimum atomic E-state index is 0.0275. The molecule has 0 aliphatic carbocycles. The van der Waals surface area contributed by atoms with Gasteiger partial charge >= 0.3 is 0 Å². The quantitative estimate of drug-likeness (QED) is 0.806. The summed E-state index contributed by atoms with van der Waals surface area (Å²) in [6.07, 6.45) is 1.86. The number of hydrogen-bond acceptors (Lipinski definition) is 4. The van der Waals surface area contributed by atoms with Gasteiger partial charge in [0.05, 0.1) is 23.6 Å². The van der Waals surface area contributed by atoms with Crippen LogP contribution in [-0.4, -0.2) is 14.0 Å². The highest BCUT2D eigenvalue weighted by atomic mass is 32.1. The molecule has 6 heteroatoms. The van der Waals surface area contributed by atoms with E-state index in [0.717, 1.165) is 22.0 Å². The third kappa shape index (κ3) is 2.47. The topological polar surface area (TPSA) is 51.3 Å². The van der Waals surface area contributed by atoms with E-state index in [-0.39, 0.29) is 5.56 Å². The van der Waals surface area contributed by atoms with Gasteiger partial charge in [0.25, 0.3) is 5.56 Å². The summed E-state index contributed by atoms with van der Waals surface area (Å²) >= 11 is 1.66. The minimum Gasteiger partial charge on any atom is -0.378 e. The maximum absolute atomic E-state index is 11.6. The summed E-state index contributed by atoms with van der Waals surface area (Å²) in [6, 6.07) is 3.42. The maximum atomic E-state index is 11.6. The fourth-order valence-corrected chi connectivity index (χ4v) is 3.38. The standard InChI is InChI=1S/C15H18N4OS/c1-4-18-8-12(5-6-14(18)20)16-7-13-11(3)17-15-19(13)10(2)9-21-15/h5-6,8-9,16H,4,7H2,1-3H3. The van der Waals surface area contributed by atoms with Crippen LogP contribution < -0.4 is 10.9 Å². The van der Waals surface area contributed by atoms with Crippen molar-refractivity contribution in [2.24, 2.45) is 0 Å². The normalized spacial score (nSPS) is 11.2. The fourth-order valence-electron chi connectivity index (χ4n) is 2.44. The summed E-state index contributed by atoms with van der Waals surface area (Å²) in [5.74, 6) is 0. The number of nitrogens with zero attached hydrogens (tertiary/aromatic N) is 3. The van der Waals surface area contributed by atoms with E-state index < -0.39 is 0 Å². The van der Waals surface area contributed by atoms with Crippen LogP contribution in [0.2, 0.25) is 0 Å². The predicted molar refractivity (Wildman–Crippen MR) is 86.2 cm³/mol. The van der Waals surface area contributed by atoms with Crippen LogP contribution in [0.3, 0.4) is 0 Å². The van der Waals surface area contributed by atoms with Crippen molar-refractivity contribution < 1.29 is 0 Å². The van der Waals surface area contributed by atoms with Gasteiger partial charge in [-0.25, -0.2) is 4.98 Å². The van der Waals surface area contributed by atoms with Gasteiger partial charge in [-0.1, -0.05) is 0 Å². The molecule has 0 saturated carbocycles. The maximum Gasteiger partial charge on any atom is 0.250 e. The zero-order chi connectivity index (χ0) is 15.0. The smallest absolute Gasteiger partial charge is 0.250 e. The summed E-state index contributed by atoms with van der Waals surface area (Å²) in [5, 5.41) is 5.50. The highest BCUT2D eigenvalue weighted by molar-refractivity contribution is 7.15. The van der Waals surface area contributed by atoms with Crippen LogP contribution in [0.15, 0.2) is 28.5 Å². The second-order valence-electron chi connectivity index (χ2n) is 5.03. The lowest BCUT2D eigenvalue weighted by Crippen LogP contribution is -2.18. The molecule has 0 fully saturated rings. The lowest BCUT2D eigenvalue weighted by molar-refractivity contribution is 0.727. The number of hydrogen-bond donors (Lipinski definition) is 1. The molecule has 0 atom stereocenters. The minimum absolute atomic E-state index is 0.0275. The molecule has 3 aromatic rings. The molecule has 0 aliphatic rings. The molecular formula is C15H18N4OS. The van der Waals surface area contributed by atoms with Gasteiger partial charge in [0, 0.05) is 29.9 Å². The van der Waals surface area contributed by atoms with Gasteiger partial charge in [-0.3, -0.25) is 9.20 Å². The zero-order valence-electron chi connectivity index (χ0n) is 12.4. The number of aryl methyl sites for hydroxylation is 3. The fraction of sp³-hybridized carbons (Fsp3) is 0.333. The van der Waals surface area contributed by atoms with Crippen molar-refractivity contribution >= 4 is 22.0 Å². The van der Waals surface area contributed by atoms with E-state index in [4.69, 9.17) is 0 Å². The van der Waals surface area contributed by atoms with Gasteiger partial charge in [-0.05, 0) is 26.8 Å². The largest absolute Gasteiger partial charge is 0.378 e. The number of aromatic nitrogens is 3. The summed E-state index contributed by atoms with van der Waals surface area (Å²) in [7, 11) is 0. The molecule has 5 nitrogen and oxygen atoms in total. The van der Waals surface area contributed by atoms with E-state index >= 15 is 0 Å². The third-order valence-electron chi connectivity index (χ3n) is 3.61. The van der Waals surface area contributed by atoms with E-state index in [1.54, 1.807) is 22.0 Å². The van der Waals surface area contributed by atoms with Gasteiger partial charge in [-0.2, -0.15) is 0 Å². The summed E-state index contributed by atoms with van der Waals surface area (Å²) in [6.45, 7) is 7.44. The highest BCUT2D eigenvalue weighted by Crippen LogP contribution is 2.21. The molecular weight excluding hydrogens is 284 g/mol. The van der Waals surface area contributed by atoms with Crippen molar-refractivity contribution in [3.05, 3.63) is 51.1 Å². The average molecular weight is 302 g/mol. The van der Waals surface area contributed by atoms with Crippen molar-refractivity contribution in [2.45, 2.75) is 33.9 Å². The first-order chi connectivity index (χ1) is 10.1. The van der Waals surface area contributed by atoms with Crippen LogP contribution in [0.1, 0.15) is 24.0 Å². The van der Waals surface area contributed by atoms with Crippen LogP contribution in [0.25, 0.3) is 4.96 Å². The van der Waals surface area contributed by atoms with Crippen molar-refractivity contribution in [1.29, 1.82) is 0 Å². The van der Waals surface area contributed by atoms with Crippen LogP contribution in [0.4, 0.5) is 5.69 Å². The van der Waals surface area contributed by atoms with Gasteiger partial charge < -0.3 is 9.88 Å². The second kappa shape index (κ2) is 5.37. The molecule has 1 N–H and O–H groups in total. The van der Waals surface area contributed by atoms with Crippen LogP contribution >= 0.6 is 11.3 Å². The van der Waals surface area contributed by atoms with E-state index in [9.17, 15) is 4.79 Å². The Morgan fingerprint density at radius 2 is 2.14 bits per heavy atom. The first-order valence-corrected chi connectivity index (χ1v) is 7.84. The molecule has 0 bridgehead atoms. The van der Waals surface area contributed by atoms with Crippen LogP contribution in [0.5, 0.6) is 0 Å². The number of pyridine rings is 1. The third-order valence-corrected chi connectivity index (χ3v) is 4.56. The number of imidazole rings is 1. The number of thiazole rings is 1. The molecule has 3 rings (SSSR count). The number of nitrogens with one attached hydrogen (secondary N) is 1. The first kappa shape index (κ1) is 13.9. The van der Waals surface area contributed by atoms with Crippen molar-refractivity contribution in [3.8, 4) is 0 Å². The Kier molecular flexibility index (Phi) is 3.55. The molecule has 110 valence electrons. The Hall–Kier alpha value is -2.08. The van der Waals surface area contributed by atoms with Crippen molar-refractivity contribution in [3.63, 3.8) is 0 Å². The summed E-state index contributed by atoms with van der Waals surface area (Å²) in [5.41, 5.74) is 4.38. The molecule has 0 spiro atoms. The van der Waals surface area contributed by atoms with E-state index in [2.05, 4.69) is 27.0 Å². The summed E-state index contributed by atoms with van der Waals surface area (Å²) in [4.78, 5) is 17.2. The summed E-state index contributed by atoms with van der Waals surface area (Å²) < 4.78 is 3.87. The Morgan fingerprint density at radius 3 is 2.90 bits per heavy atom. The lowest BCUT2D eigenvalue weighted by atomic mass is 10.3. The van der Waals surface area contributed by atoms with E-state index in [0.29, 0.717) is 13.1 Å². The Morgan fingerprint density at radius 1 is 1.33 bits per heavy atom. The second-order valence-corrected chi connectivity index (χ2v) is 5.87. The number of rotatable bonds is 4. The Balaban J connectivity index is 1.88. The van der Waals surface area contributed by atoms with Crippen molar-refractivity contribution in [2.75, 3.05) is 5.32 Å². The number of fused-ring (bicyclic) bond motifs is 1. The van der Waals surface area contributed by atoms with Crippen LogP contribution in [-0.2, 0) is 13.1 Å². The molecule has 0 unspecified atom stereocenters.